The number of hydrogen-bond donors (Lipinski definition) is 1. The van der Waals surface area contributed by atoms with Crippen molar-refractivity contribution >= 4 is 17.6 Å². The summed E-state index contributed by atoms with van der Waals surface area (Å²) in [7, 11) is 3.89. The summed E-state index contributed by atoms with van der Waals surface area (Å²) in [6.45, 7) is 3.94. The zero-order valence-electron chi connectivity index (χ0n) is 13.9. The van der Waals surface area contributed by atoms with Gasteiger partial charge in [0.2, 0.25) is 5.95 Å². The highest BCUT2D eigenvalue weighted by Crippen LogP contribution is 2.20. The first-order chi connectivity index (χ1) is 11.1. The fraction of sp³-hybridized carbons (Fsp3) is 0.500. The lowest BCUT2D eigenvalue weighted by Gasteiger charge is -2.34. The van der Waals surface area contributed by atoms with Crippen LogP contribution in [0.3, 0.4) is 0 Å². The van der Waals surface area contributed by atoms with Crippen LogP contribution in [0.15, 0.2) is 24.7 Å². The molecule has 0 amide bonds. The Bertz CT molecular complexity index is 658. The van der Waals surface area contributed by atoms with E-state index in [1.807, 2.05) is 38.1 Å². The Morgan fingerprint density at radius 2 is 2.13 bits per heavy atom. The van der Waals surface area contributed by atoms with Crippen molar-refractivity contribution in [2.45, 2.75) is 25.8 Å². The Morgan fingerprint density at radius 1 is 1.26 bits per heavy atom. The number of nitrogens with one attached hydrogen (secondary N) is 1. The van der Waals surface area contributed by atoms with E-state index in [9.17, 15) is 0 Å². The van der Waals surface area contributed by atoms with Crippen LogP contribution >= 0.6 is 0 Å². The van der Waals surface area contributed by atoms with Gasteiger partial charge < -0.3 is 15.1 Å². The minimum atomic E-state index is 0.351. The molecule has 0 bridgehead atoms. The van der Waals surface area contributed by atoms with Gasteiger partial charge in [0.1, 0.15) is 18.0 Å². The van der Waals surface area contributed by atoms with Crippen LogP contribution in [-0.2, 0) is 0 Å². The van der Waals surface area contributed by atoms with Crippen molar-refractivity contribution in [2.24, 2.45) is 0 Å². The summed E-state index contributed by atoms with van der Waals surface area (Å²) < 4.78 is 0. The van der Waals surface area contributed by atoms with Crippen LogP contribution in [0.25, 0.3) is 0 Å². The molecule has 0 aromatic carbocycles. The van der Waals surface area contributed by atoms with Crippen molar-refractivity contribution < 1.29 is 0 Å². The van der Waals surface area contributed by atoms with Gasteiger partial charge in [-0.3, -0.25) is 0 Å². The lowest BCUT2D eigenvalue weighted by molar-refractivity contribution is 0.525. The van der Waals surface area contributed by atoms with Gasteiger partial charge in [0.05, 0.1) is 0 Å². The molecule has 7 nitrogen and oxygen atoms in total. The van der Waals surface area contributed by atoms with E-state index in [0.717, 1.165) is 43.3 Å². The number of aromatic nitrogens is 4. The molecule has 1 atom stereocenters. The summed E-state index contributed by atoms with van der Waals surface area (Å²) in [4.78, 5) is 21.6. The quantitative estimate of drug-likeness (QED) is 0.921. The zero-order valence-corrected chi connectivity index (χ0v) is 13.9. The number of rotatable bonds is 4. The minimum Gasteiger partial charge on any atom is -0.365 e. The number of piperidine rings is 1. The molecule has 1 fully saturated rings. The van der Waals surface area contributed by atoms with Crippen molar-refractivity contribution in [2.75, 3.05) is 42.3 Å². The lowest BCUT2D eigenvalue weighted by Crippen LogP contribution is -2.42. The molecule has 0 radical (unpaired) electrons. The molecule has 0 spiro atoms. The third-order valence-electron chi connectivity index (χ3n) is 3.93. The number of anilines is 3. The van der Waals surface area contributed by atoms with Crippen LogP contribution < -0.4 is 15.1 Å². The first kappa shape index (κ1) is 15.5. The van der Waals surface area contributed by atoms with E-state index >= 15 is 0 Å². The van der Waals surface area contributed by atoms with Gasteiger partial charge in [0.25, 0.3) is 0 Å². The average Bonchev–Trinajstić information content (AvgIpc) is 2.55. The topological polar surface area (TPSA) is 70.1 Å². The molecule has 2 aromatic heterocycles. The third kappa shape index (κ3) is 3.85. The first-order valence-electron chi connectivity index (χ1n) is 7.92. The van der Waals surface area contributed by atoms with Crippen molar-refractivity contribution in [3.8, 4) is 0 Å². The molecule has 2 aromatic rings. The highest BCUT2D eigenvalue weighted by Gasteiger charge is 2.21. The predicted molar refractivity (Wildman–Crippen MR) is 92.0 cm³/mol. The molecule has 0 saturated carbocycles. The van der Waals surface area contributed by atoms with E-state index in [1.54, 1.807) is 12.5 Å². The van der Waals surface area contributed by atoms with Crippen molar-refractivity contribution in [1.29, 1.82) is 0 Å². The van der Waals surface area contributed by atoms with E-state index in [2.05, 4.69) is 30.2 Å². The normalized spacial score (nSPS) is 17.9. The fourth-order valence-corrected chi connectivity index (χ4v) is 2.77. The Balaban J connectivity index is 1.68. The second-order valence-electron chi connectivity index (χ2n) is 6.08. The summed E-state index contributed by atoms with van der Waals surface area (Å²) in [5.74, 6) is 2.59. The highest BCUT2D eigenvalue weighted by atomic mass is 15.2. The zero-order chi connectivity index (χ0) is 16.2. The van der Waals surface area contributed by atoms with Crippen LogP contribution in [0.4, 0.5) is 17.6 Å². The molecule has 3 heterocycles. The molecular formula is C16H23N7. The summed E-state index contributed by atoms with van der Waals surface area (Å²) in [6.07, 6.45) is 5.68. The first-order valence-corrected chi connectivity index (χ1v) is 7.92. The summed E-state index contributed by atoms with van der Waals surface area (Å²) in [5, 5.41) is 3.53. The van der Waals surface area contributed by atoms with Crippen LogP contribution in [0, 0.1) is 6.92 Å². The second-order valence-corrected chi connectivity index (χ2v) is 6.08. The number of nitrogens with zero attached hydrogens (tertiary/aromatic N) is 6. The van der Waals surface area contributed by atoms with Crippen LogP contribution in [0.2, 0.25) is 0 Å². The molecule has 7 heteroatoms. The second kappa shape index (κ2) is 6.76. The van der Waals surface area contributed by atoms with Crippen LogP contribution in [-0.4, -0.2) is 53.2 Å². The molecule has 3 rings (SSSR count). The van der Waals surface area contributed by atoms with E-state index in [4.69, 9.17) is 0 Å². The van der Waals surface area contributed by atoms with Gasteiger partial charge in [-0.2, -0.15) is 4.98 Å². The van der Waals surface area contributed by atoms with Crippen LogP contribution in [0.1, 0.15) is 18.5 Å². The van der Waals surface area contributed by atoms with E-state index in [-0.39, 0.29) is 0 Å². The van der Waals surface area contributed by atoms with Gasteiger partial charge in [0.15, 0.2) is 0 Å². The molecule has 122 valence electrons. The SMILES string of the molecule is Cc1cc(N2CCCC(Nc3ccnc(N(C)C)n3)C2)ncn1. The molecule has 0 aliphatic carbocycles. The predicted octanol–water partition coefficient (Wildman–Crippen LogP) is 1.72. The van der Waals surface area contributed by atoms with E-state index < -0.39 is 0 Å². The molecule has 23 heavy (non-hydrogen) atoms. The molecule has 1 saturated heterocycles. The average molecular weight is 313 g/mol. The highest BCUT2D eigenvalue weighted by molar-refractivity contribution is 5.44. The third-order valence-corrected chi connectivity index (χ3v) is 3.93. The standard InChI is InChI=1S/C16H23N7/c1-12-9-15(19-11-18-12)23-8-4-5-13(10-23)20-14-6-7-17-16(21-14)22(2)3/h6-7,9,11,13H,4-5,8,10H2,1-3H3,(H,17,20,21). The Kier molecular flexibility index (Phi) is 4.55. The van der Waals surface area contributed by atoms with Gasteiger partial charge in [-0.15, -0.1) is 0 Å². The lowest BCUT2D eigenvalue weighted by atomic mass is 10.1. The van der Waals surface area contributed by atoms with Crippen molar-refractivity contribution in [3.05, 3.63) is 30.4 Å². The summed E-state index contributed by atoms with van der Waals surface area (Å²) >= 11 is 0. The van der Waals surface area contributed by atoms with Gasteiger partial charge in [0, 0.05) is 51.2 Å². The van der Waals surface area contributed by atoms with Crippen LogP contribution in [0.5, 0.6) is 0 Å². The van der Waals surface area contributed by atoms with Crippen molar-refractivity contribution in [3.63, 3.8) is 0 Å². The molecule has 1 N–H and O–H groups in total. The van der Waals surface area contributed by atoms with E-state index in [1.165, 1.54) is 0 Å². The van der Waals surface area contributed by atoms with Crippen molar-refractivity contribution in [1.82, 2.24) is 19.9 Å². The largest absolute Gasteiger partial charge is 0.365 e. The summed E-state index contributed by atoms with van der Waals surface area (Å²) in [6, 6.07) is 4.31. The maximum absolute atomic E-state index is 4.54. The molecule has 1 unspecified atom stereocenters. The van der Waals surface area contributed by atoms with E-state index in [0.29, 0.717) is 12.0 Å². The molecule has 1 aliphatic heterocycles. The van der Waals surface area contributed by atoms with Gasteiger partial charge in [-0.05, 0) is 25.8 Å². The summed E-state index contributed by atoms with van der Waals surface area (Å²) in [5.41, 5.74) is 0.997. The molecular weight excluding hydrogens is 290 g/mol. The Morgan fingerprint density at radius 3 is 2.91 bits per heavy atom. The van der Waals surface area contributed by atoms with Gasteiger partial charge >= 0.3 is 0 Å². The monoisotopic (exact) mass is 313 g/mol. The Labute approximate surface area is 136 Å². The van der Waals surface area contributed by atoms with Gasteiger partial charge in [-0.25, -0.2) is 15.0 Å². The number of hydrogen-bond acceptors (Lipinski definition) is 7. The maximum Gasteiger partial charge on any atom is 0.226 e. The van der Waals surface area contributed by atoms with Gasteiger partial charge in [-0.1, -0.05) is 0 Å². The fourth-order valence-electron chi connectivity index (χ4n) is 2.77. The maximum atomic E-state index is 4.54. The minimum absolute atomic E-state index is 0.351. The number of aryl methyl sites for hydroxylation is 1. The smallest absolute Gasteiger partial charge is 0.226 e. The molecule has 1 aliphatic rings. The Hall–Kier alpha value is -2.44.